The highest BCUT2D eigenvalue weighted by Crippen LogP contribution is 2.24. The van der Waals surface area contributed by atoms with Gasteiger partial charge in [0, 0.05) is 0 Å². The number of carbonyl (C=O) groups excluding carboxylic acids is 1. The molecule has 112 valence electrons. The number of carboxylic acids is 1. The lowest BCUT2D eigenvalue weighted by molar-refractivity contribution is -0.151. The van der Waals surface area contributed by atoms with Gasteiger partial charge in [0.25, 0.3) is 5.22 Å². The van der Waals surface area contributed by atoms with Gasteiger partial charge in [-0.2, -0.15) is 0 Å². The summed E-state index contributed by atoms with van der Waals surface area (Å²) in [4.78, 5) is 26.6. The van der Waals surface area contributed by atoms with Gasteiger partial charge >= 0.3 is 11.9 Å². The monoisotopic (exact) mass is 309 g/mol. The van der Waals surface area contributed by atoms with Crippen LogP contribution in [-0.4, -0.2) is 33.4 Å². The highest BCUT2D eigenvalue weighted by Gasteiger charge is 2.17. The summed E-state index contributed by atoms with van der Waals surface area (Å²) >= 11 is 1.11. The standard InChI is InChI=1S/C14H15NO5S/c1-14(2,3)20-11(16)7-21-13-15-9-5-4-8(12(17)18)6-10(9)19-13/h4-6H,7H2,1-3H3,(H,17,18). The Hall–Kier alpha value is -2.02. The molecular weight excluding hydrogens is 294 g/mol. The van der Waals surface area contributed by atoms with E-state index in [2.05, 4.69) is 4.98 Å². The molecule has 0 fully saturated rings. The second-order valence-corrected chi connectivity index (χ2v) is 6.27. The fraction of sp³-hybridized carbons (Fsp3) is 0.357. The first kappa shape index (κ1) is 15.4. The van der Waals surface area contributed by atoms with E-state index < -0.39 is 11.6 Å². The lowest BCUT2D eigenvalue weighted by Gasteiger charge is -2.18. The fourth-order valence-electron chi connectivity index (χ4n) is 1.59. The van der Waals surface area contributed by atoms with Crippen LogP contribution in [0, 0.1) is 0 Å². The third-order valence-corrected chi connectivity index (χ3v) is 3.15. The first-order chi connectivity index (χ1) is 9.74. The molecule has 1 N–H and O–H groups in total. The molecule has 0 aliphatic rings. The number of nitrogens with zero attached hydrogens (tertiary/aromatic N) is 1. The van der Waals surface area contributed by atoms with E-state index in [1.54, 1.807) is 26.8 Å². The van der Waals surface area contributed by atoms with Crippen LogP contribution in [0.3, 0.4) is 0 Å². The molecule has 1 heterocycles. The van der Waals surface area contributed by atoms with Gasteiger partial charge in [-0.1, -0.05) is 11.8 Å². The molecule has 1 aromatic heterocycles. The van der Waals surface area contributed by atoms with Crippen molar-refractivity contribution in [1.82, 2.24) is 4.98 Å². The summed E-state index contributed by atoms with van der Waals surface area (Å²) in [5.74, 6) is -1.31. The quantitative estimate of drug-likeness (QED) is 0.686. The van der Waals surface area contributed by atoms with Crippen LogP contribution in [0.4, 0.5) is 0 Å². The SMILES string of the molecule is CC(C)(C)OC(=O)CSc1nc2ccc(C(=O)O)cc2o1. The van der Waals surface area contributed by atoms with Crippen molar-refractivity contribution in [2.45, 2.75) is 31.6 Å². The number of hydrogen-bond acceptors (Lipinski definition) is 6. The number of ether oxygens (including phenoxy) is 1. The summed E-state index contributed by atoms with van der Waals surface area (Å²) in [7, 11) is 0. The molecule has 0 saturated carbocycles. The maximum absolute atomic E-state index is 11.6. The molecule has 0 atom stereocenters. The van der Waals surface area contributed by atoms with Gasteiger partial charge in [-0.05, 0) is 39.0 Å². The van der Waals surface area contributed by atoms with Crippen LogP contribution in [0.1, 0.15) is 31.1 Å². The molecule has 0 amide bonds. The summed E-state index contributed by atoms with van der Waals surface area (Å²) in [5, 5.41) is 9.21. The zero-order valence-corrected chi connectivity index (χ0v) is 12.7. The maximum Gasteiger partial charge on any atom is 0.335 e. The molecule has 6 nitrogen and oxygen atoms in total. The smallest absolute Gasteiger partial charge is 0.335 e. The van der Waals surface area contributed by atoms with Gasteiger partial charge in [0.2, 0.25) is 0 Å². The Balaban J connectivity index is 2.06. The molecule has 2 aromatic rings. The predicted octanol–water partition coefficient (Wildman–Crippen LogP) is 2.96. The van der Waals surface area contributed by atoms with E-state index in [1.165, 1.54) is 12.1 Å². The number of aromatic nitrogens is 1. The zero-order valence-electron chi connectivity index (χ0n) is 11.9. The molecule has 0 aliphatic carbocycles. The number of aromatic carboxylic acids is 1. The van der Waals surface area contributed by atoms with Gasteiger partial charge in [-0.25, -0.2) is 9.78 Å². The summed E-state index contributed by atoms with van der Waals surface area (Å²) in [6, 6.07) is 4.43. The van der Waals surface area contributed by atoms with E-state index >= 15 is 0 Å². The Bertz CT molecular complexity index is 686. The number of fused-ring (bicyclic) bond motifs is 1. The number of carboxylic acid groups (broad SMARTS) is 1. The summed E-state index contributed by atoms with van der Waals surface area (Å²) in [6.07, 6.45) is 0. The third kappa shape index (κ3) is 4.22. The molecule has 7 heteroatoms. The molecule has 0 unspecified atom stereocenters. The van der Waals surface area contributed by atoms with Gasteiger partial charge in [0.15, 0.2) is 5.58 Å². The fourth-order valence-corrected chi connectivity index (χ4v) is 2.20. The zero-order chi connectivity index (χ0) is 15.6. The number of thioether (sulfide) groups is 1. The molecule has 0 saturated heterocycles. The molecular formula is C14H15NO5S. The van der Waals surface area contributed by atoms with Crippen LogP contribution in [0.2, 0.25) is 0 Å². The van der Waals surface area contributed by atoms with Crippen molar-refractivity contribution in [2.75, 3.05) is 5.75 Å². The molecule has 2 rings (SSSR count). The molecule has 21 heavy (non-hydrogen) atoms. The number of benzene rings is 1. The van der Waals surface area contributed by atoms with Crippen molar-refractivity contribution in [1.29, 1.82) is 0 Å². The average molecular weight is 309 g/mol. The number of carbonyl (C=O) groups is 2. The van der Waals surface area contributed by atoms with Crippen molar-refractivity contribution < 1.29 is 23.8 Å². The van der Waals surface area contributed by atoms with Crippen LogP contribution >= 0.6 is 11.8 Å². The lowest BCUT2D eigenvalue weighted by Crippen LogP contribution is -2.24. The van der Waals surface area contributed by atoms with E-state index in [0.29, 0.717) is 16.3 Å². The van der Waals surface area contributed by atoms with E-state index in [4.69, 9.17) is 14.3 Å². The van der Waals surface area contributed by atoms with Gasteiger partial charge < -0.3 is 14.3 Å². The number of hydrogen-bond donors (Lipinski definition) is 1. The number of rotatable bonds is 4. The van der Waals surface area contributed by atoms with Gasteiger partial charge in [-0.15, -0.1) is 0 Å². The van der Waals surface area contributed by atoms with Crippen LogP contribution < -0.4 is 0 Å². The Morgan fingerprint density at radius 3 is 2.71 bits per heavy atom. The second kappa shape index (κ2) is 5.77. The molecule has 1 aromatic carbocycles. The Morgan fingerprint density at radius 2 is 2.10 bits per heavy atom. The van der Waals surface area contributed by atoms with Crippen molar-refractivity contribution in [3.8, 4) is 0 Å². The van der Waals surface area contributed by atoms with E-state index in [-0.39, 0.29) is 17.3 Å². The number of oxazole rings is 1. The van der Waals surface area contributed by atoms with Crippen LogP contribution in [0.25, 0.3) is 11.1 Å². The molecule has 0 bridgehead atoms. The topological polar surface area (TPSA) is 89.6 Å². The molecule has 0 aliphatic heterocycles. The Labute approximate surface area is 125 Å². The van der Waals surface area contributed by atoms with E-state index in [0.717, 1.165) is 11.8 Å². The van der Waals surface area contributed by atoms with E-state index in [1.807, 2.05) is 0 Å². The average Bonchev–Trinajstić information content (AvgIpc) is 2.75. The first-order valence-electron chi connectivity index (χ1n) is 6.23. The molecule has 0 radical (unpaired) electrons. The normalized spacial score (nSPS) is 11.6. The van der Waals surface area contributed by atoms with Gasteiger partial charge in [-0.3, -0.25) is 4.79 Å². The number of esters is 1. The Morgan fingerprint density at radius 1 is 1.38 bits per heavy atom. The van der Waals surface area contributed by atoms with Crippen LogP contribution in [0.15, 0.2) is 27.8 Å². The maximum atomic E-state index is 11.6. The minimum absolute atomic E-state index is 0.0792. The van der Waals surface area contributed by atoms with Gasteiger partial charge in [0.1, 0.15) is 16.9 Å². The minimum atomic E-state index is -1.03. The van der Waals surface area contributed by atoms with Gasteiger partial charge in [0.05, 0.1) is 5.56 Å². The lowest BCUT2D eigenvalue weighted by atomic mass is 10.2. The summed E-state index contributed by atoms with van der Waals surface area (Å²) in [5.41, 5.74) is 0.519. The highest BCUT2D eigenvalue weighted by atomic mass is 32.2. The van der Waals surface area contributed by atoms with Crippen molar-refractivity contribution in [2.24, 2.45) is 0 Å². The van der Waals surface area contributed by atoms with Crippen LogP contribution in [-0.2, 0) is 9.53 Å². The predicted molar refractivity (Wildman–Crippen MR) is 77.5 cm³/mol. The summed E-state index contributed by atoms with van der Waals surface area (Å²) in [6.45, 7) is 5.38. The second-order valence-electron chi connectivity index (χ2n) is 5.34. The highest BCUT2D eigenvalue weighted by molar-refractivity contribution is 7.99. The van der Waals surface area contributed by atoms with Crippen molar-refractivity contribution in [3.63, 3.8) is 0 Å². The minimum Gasteiger partial charge on any atom is -0.478 e. The van der Waals surface area contributed by atoms with E-state index in [9.17, 15) is 9.59 Å². The van der Waals surface area contributed by atoms with Crippen molar-refractivity contribution in [3.05, 3.63) is 23.8 Å². The molecule has 0 spiro atoms. The largest absolute Gasteiger partial charge is 0.478 e. The summed E-state index contributed by atoms with van der Waals surface area (Å²) < 4.78 is 10.6. The Kier molecular flexibility index (Phi) is 4.22. The first-order valence-corrected chi connectivity index (χ1v) is 7.22. The van der Waals surface area contributed by atoms with Crippen LogP contribution in [0.5, 0.6) is 0 Å². The van der Waals surface area contributed by atoms with Crippen molar-refractivity contribution >= 4 is 34.8 Å². The third-order valence-electron chi connectivity index (χ3n) is 2.35.